The first-order valence-corrected chi connectivity index (χ1v) is 8.62. The molecule has 0 aromatic heterocycles. The van der Waals surface area contributed by atoms with Crippen LogP contribution in [0.25, 0.3) is 0 Å². The molecule has 118 valence electrons. The van der Waals surface area contributed by atoms with Crippen molar-refractivity contribution < 1.29 is 8.42 Å². The van der Waals surface area contributed by atoms with Gasteiger partial charge in [-0.1, -0.05) is 30.7 Å². The van der Waals surface area contributed by atoms with E-state index in [2.05, 4.69) is 11.9 Å². The Labute approximate surface area is 132 Å². The van der Waals surface area contributed by atoms with Crippen molar-refractivity contribution in [2.24, 2.45) is 0 Å². The second kappa shape index (κ2) is 7.40. The number of nitrogens with one attached hydrogen (secondary N) is 1. The van der Waals surface area contributed by atoms with Crippen LogP contribution >= 0.6 is 11.6 Å². The van der Waals surface area contributed by atoms with Gasteiger partial charge in [-0.15, -0.1) is 0 Å². The van der Waals surface area contributed by atoms with Gasteiger partial charge in [0.25, 0.3) is 0 Å². The molecule has 0 aliphatic heterocycles. The quantitative estimate of drug-likeness (QED) is 0.782. The van der Waals surface area contributed by atoms with E-state index in [1.807, 2.05) is 13.8 Å². The standard InChI is InChI=1S/C15H23ClN2O2S/c1-6-17-9-13-7-14(16)8-15(12(13)4)21(19,20)18(5)10-11(2)3/h7-8,17H,2,6,9-10H2,1,3-5H3. The van der Waals surface area contributed by atoms with Gasteiger partial charge in [0, 0.05) is 25.2 Å². The Morgan fingerprint density at radius 2 is 2.05 bits per heavy atom. The summed E-state index contributed by atoms with van der Waals surface area (Å²) in [6.07, 6.45) is 0. The summed E-state index contributed by atoms with van der Waals surface area (Å²) < 4.78 is 26.6. The van der Waals surface area contributed by atoms with Gasteiger partial charge >= 0.3 is 0 Å². The normalized spacial score (nSPS) is 11.9. The van der Waals surface area contributed by atoms with Crippen LogP contribution in [0, 0.1) is 6.92 Å². The van der Waals surface area contributed by atoms with Crippen LogP contribution in [0.2, 0.25) is 5.02 Å². The first kappa shape index (κ1) is 18.2. The zero-order valence-electron chi connectivity index (χ0n) is 13.0. The third-order valence-electron chi connectivity index (χ3n) is 3.18. The summed E-state index contributed by atoms with van der Waals surface area (Å²) in [4.78, 5) is 0.256. The van der Waals surface area contributed by atoms with Crippen molar-refractivity contribution in [3.63, 3.8) is 0 Å². The lowest BCUT2D eigenvalue weighted by Crippen LogP contribution is -2.29. The zero-order chi connectivity index (χ0) is 16.2. The molecule has 1 N–H and O–H groups in total. The number of hydrogen-bond donors (Lipinski definition) is 1. The maximum Gasteiger partial charge on any atom is 0.243 e. The van der Waals surface area contributed by atoms with Gasteiger partial charge in [-0.05, 0) is 43.7 Å². The highest BCUT2D eigenvalue weighted by molar-refractivity contribution is 7.89. The monoisotopic (exact) mass is 330 g/mol. The summed E-state index contributed by atoms with van der Waals surface area (Å²) >= 11 is 6.09. The van der Waals surface area contributed by atoms with Crippen LogP contribution in [0.1, 0.15) is 25.0 Å². The molecular weight excluding hydrogens is 308 g/mol. The van der Waals surface area contributed by atoms with Crippen LogP contribution in [0.4, 0.5) is 0 Å². The molecule has 0 amide bonds. The Kier molecular flexibility index (Phi) is 6.41. The lowest BCUT2D eigenvalue weighted by Gasteiger charge is -2.20. The second-order valence-electron chi connectivity index (χ2n) is 5.19. The lowest BCUT2D eigenvalue weighted by molar-refractivity contribution is 0.492. The van der Waals surface area contributed by atoms with E-state index < -0.39 is 10.0 Å². The first-order chi connectivity index (χ1) is 9.70. The molecule has 0 fully saturated rings. The predicted octanol–water partition coefficient (Wildman–Crippen LogP) is 2.95. The van der Waals surface area contributed by atoms with Crippen LogP contribution < -0.4 is 5.32 Å². The summed E-state index contributed by atoms with van der Waals surface area (Å²) in [6, 6.07) is 3.31. The molecule has 0 unspecified atom stereocenters. The van der Waals surface area contributed by atoms with Gasteiger partial charge in [-0.2, -0.15) is 4.31 Å². The largest absolute Gasteiger partial charge is 0.313 e. The Morgan fingerprint density at radius 1 is 1.43 bits per heavy atom. The summed E-state index contributed by atoms with van der Waals surface area (Å²) in [5, 5.41) is 3.62. The van der Waals surface area contributed by atoms with E-state index in [4.69, 9.17) is 11.6 Å². The zero-order valence-corrected chi connectivity index (χ0v) is 14.6. The number of likely N-dealkylation sites (N-methyl/N-ethyl adjacent to an activating group) is 1. The van der Waals surface area contributed by atoms with E-state index in [0.717, 1.165) is 23.2 Å². The molecule has 1 rings (SSSR count). The molecule has 1 aromatic carbocycles. The number of sulfonamides is 1. The minimum atomic E-state index is -3.57. The molecule has 0 spiro atoms. The maximum atomic E-state index is 12.7. The third-order valence-corrected chi connectivity index (χ3v) is 5.33. The molecule has 0 atom stereocenters. The minimum absolute atomic E-state index is 0.256. The molecule has 6 heteroatoms. The van der Waals surface area contributed by atoms with Gasteiger partial charge in [0.15, 0.2) is 0 Å². The summed E-state index contributed by atoms with van der Waals surface area (Å²) in [6.45, 7) is 11.1. The van der Waals surface area contributed by atoms with Gasteiger partial charge in [0.2, 0.25) is 10.0 Å². The summed E-state index contributed by atoms with van der Waals surface area (Å²) in [7, 11) is -2.02. The predicted molar refractivity (Wildman–Crippen MR) is 88.2 cm³/mol. The van der Waals surface area contributed by atoms with E-state index in [-0.39, 0.29) is 11.4 Å². The van der Waals surface area contributed by atoms with Gasteiger partial charge in [0.05, 0.1) is 4.90 Å². The van der Waals surface area contributed by atoms with Crippen molar-refractivity contribution in [2.75, 3.05) is 20.1 Å². The van der Waals surface area contributed by atoms with Crippen LogP contribution in [0.3, 0.4) is 0 Å². The first-order valence-electron chi connectivity index (χ1n) is 6.80. The fraction of sp³-hybridized carbons (Fsp3) is 0.467. The van der Waals surface area contributed by atoms with E-state index in [1.54, 1.807) is 20.0 Å². The van der Waals surface area contributed by atoms with Crippen molar-refractivity contribution >= 4 is 21.6 Å². The highest BCUT2D eigenvalue weighted by atomic mass is 35.5. The highest BCUT2D eigenvalue weighted by Gasteiger charge is 2.24. The summed E-state index contributed by atoms with van der Waals surface area (Å²) in [5.41, 5.74) is 2.41. The van der Waals surface area contributed by atoms with Crippen LogP contribution in [-0.4, -0.2) is 32.9 Å². The van der Waals surface area contributed by atoms with Crippen LogP contribution in [0.5, 0.6) is 0 Å². The molecule has 4 nitrogen and oxygen atoms in total. The van der Waals surface area contributed by atoms with Crippen molar-refractivity contribution in [2.45, 2.75) is 32.2 Å². The van der Waals surface area contributed by atoms with E-state index in [1.165, 1.54) is 10.4 Å². The van der Waals surface area contributed by atoms with Crippen molar-refractivity contribution in [1.82, 2.24) is 9.62 Å². The Bertz CT molecular complexity index is 627. The van der Waals surface area contributed by atoms with Crippen molar-refractivity contribution in [1.29, 1.82) is 0 Å². The van der Waals surface area contributed by atoms with Gasteiger partial charge < -0.3 is 5.32 Å². The minimum Gasteiger partial charge on any atom is -0.313 e. The third kappa shape index (κ3) is 4.54. The van der Waals surface area contributed by atoms with Gasteiger partial charge in [-0.3, -0.25) is 0 Å². The SMILES string of the molecule is C=C(C)CN(C)S(=O)(=O)c1cc(Cl)cc(CNCC)c1C. The van der Waals surface area contributed by atoms with E-state index in [0.29, 0.717) is 11.6 Å². The molecule has 0 radical (unpaired) electrons. The fourth-order valence-electron chi connectivity index (χ4n) is 2.05. The summed E-state index contributed by atoms with van der Waals surface area (Å²) in [5.74, 6) is 0. The van der Waals surface area contributed by atoms with Gasteiger partial charge in [-0.25, -0.2) is 8.42 Å². The Hall–Kier alpha value is -0.880. The number of nitrogens with zero attached hydrogens (tertiary/aromatic N) is 1. The number of halogens is 1. The number of rotatable bonds is 7. The molecule has 0 aliphatic carbocycles. The maximum absolute atomic E-state index is 12.7. The molecular formula is C15H23ClN2O2S. The van der Waals surface area contributed by atoms with Gasteiger partial charge in [0.1, 0.15) is 0 Å². The molecule has 21 heavy (non-hydrogen) atoms. The molecule has 0 aliphatic rings. The topological polar surface area (TPSA) is 49.4 Å². The molecule has 1 aromatic rings. The Balaban J connectivity index is 3.28. The molecule has 0 saturated heterocycles. The van der Waals surface area contributed by atoms with Crippen LogP contribution in [0.15, 0.2) is 29.2 Å². The fourth-order valence-corrected chi connectivity index (χ4v) is 3.88. The average molecular weight is 331 g/mol. The number of benzene rings is 1. The average Bonchev–Trinajstić information content (AvgIpc) is 2.38. The molecule has 0 heterocycles. The molecule has 0 saturated carbocycles. The number of hydrogen-bond acceptors (Lipinski definition) is 3. The lowest BCUT2D eigenvalue weighted by atomic mass is 10.1. The van der Waals surface area contributed by atoms with Crippen molar-refractivity contribution in [3.8, 4) is 0 Å². The van der Waals surface area contributed by atoms with Crippen molar-refractivity contribution in [3.05, 3.63) is 40.4 Å². The smallest absolute Gasteiger partial charge is 0.243 e. The Morgan fingerprint density at radius 3 is 2.57 bits per heavy atom. The molecule has 0 bridgehead atoms. The second-order valence-corrected chi connectivity index (χ2v) is 7.64. The van der Waals surface area contributed by atoms with Crippen LogP contribution in [-0.2, 0) is 16.6 Å². The van der Waals surface area contributed by atoms with E-state index in [9.17, 15) is 8.42 Å². The van der Waals surface area contributed by atoms with E-state index >= 15 is 0 Å². The highest BCUT2D eigenvalue weighted by Crippen LogP contribution is 2.26.